The van der Waals surface area contributed by atoms with Gasteiger partial charge in [0.05, 0.1) is 5.02 Å². The Balaban J connectivity index is 2.12. The summed E-state index contributed by atoms with van der Waals surface area (Å²) in [6.07, 6.45) is 0. The van der Waals surface area contributed by atoms with Crippen molar-refractivity contribution in [2.24, 2.45) is 11.1 Å². The van der Waals surface area contributed by atoms with Gasteiger partial charge in [-0.05, 0) is 36.2 Å². The molecule has 1 heterocycles. The maximum atomic E-state index is 6.29. The van der Waals surface area contributed by atoms with E-state index >= 15 is 0 Å². The van der Waals surface area contributed by atoms with E-state index in [-0.39, 0.29) is 5.41 Å². The van der Waals surface area contributed by atoms with E-state index in [1.165, 1.54) is 0 Å². The summed E-state index contributed by atoms with van der Waals surface area (Å²) in [7, 11) is 0. The number of hydrogen-bond donors (Lipinski definition) is 1. The molecule has 0 amide bonds. The van der Waals surface area contributed by atoms with Crippen molar-refractivity contribution in [1.29, 1.82) is 0 Å². The van der Waals surface area contributed by atoms with Crippen molar-refractivity contribution < 1.29 is 9.47 Å². The van der Waals surface area contributed by atoms with Crippen molar-refractivity contribution in [3.8, 4) is 11.5 Å². The molecule has 1 aromatic rings. The number of nitrogens with zero attached hydrogens (tertiary/aromatic N) is 1. The van der Waals surface area contributed by atoms with Crippen molar-refractivity contribution in [2.75, 3.05) is 32.8 Å². The minimum absolute atomic E-state index is 0.105. The topological polar surface area (TPSA) is 47.7 Å². The highest BCUT2D eigenvalue weighted by Crippen LogP contribution is 2.38. The monoisotopic (exact) mass is 312 g/mol. The molecule has 4 nitrogen and oxygen atoms in total. The quantitative estimate of drug-likeness (QED) is 0.877. The molecule has 0 radical (unpaired) electrons. The zero-order chi connectivity index (χ0) is 15.5. The molecule has 0 fully saturated rings. The predicted octanol–water partition coefficient (Wildman–Crippen LogP) is 2.92. The van der Waals surface area contributed by atoms with E-state index < -0.39 is 0 Å². The van der Waals surface area contributed by atoms with Gasteiger partial charge in [-0.2, -0.15) is 0 Å². The molecule has 5 heteroatoms. The summed E-state index contributed by atoms with van der Waals surface area (Å²) in [5, 5.41) is 0.622. The van der Waals surface area contributed by atoms with Gasteiger partial charge in [-0.25, -0.2) is 0 Å². The Morgan fingerprint density at radius 1 is 1.29 bits per heavy atom. The summed E-state index contributed by atoms with van der Waals surface area (Å²) in [6, 6.07) is 3.99. The number of ether oxygens (including phenoxy) is 2. The first kappa shape index (κ1) is 16.4. The molecule has 0 spiro atoms. The molecule has 0 aromatic heterocycles. The fourth-order valence-corrected chi connectivity index (χ4v) is 2.75. The molecule has 0 aliphatic carbocycles. The van der Waals surface area contributed by atoms with Gasteiger partial charge in [-0.1, -0.05) is 32.4 Å². The summed E-state index contributed by atoms with van der Waals surface area (Å²) in [5.74, 6) is 1.41. The Morgan fingerprint density at radius 2 is 2.00 bits per heavy atom. The third-order valence-corrected chi connectivity index (χ3v) is 3.99. The lowest BCUT2D eigenvalue weighted by Gasteiger charge is -2.31. The van der Waals surface area contributed by atoms with Crippen LogP contribution in [0.15, 0.2) is 12.1 Å². The highest BCUT2D eigenvalue weighted by molar-refractivity contribution is 6.32. The summed E-state index contributed by atoms with van der Waals surface area (Å²) in [4.78, 5) is 2.37. The molecule has 1 aliphatic heterocycles. The summed E-state index contributed by atoms with van der Waals surface area (Å²) in [5.41, 5.74) is 7.08. The predicted molar refractivity (Wildman–Crippen MR) is 86.2 cm³/mol. The van der Waals surface area contributed by atoms with Crippen LogP contribution in [0.2, 0.25) is 5.02 Å². The van der Waals surface area contributed by atoms with Gasteiger partial charge in [0.15, 0.2) is 11.5 Å². The van der Waals surface area contributed by atoms with Crippen LogP contribution in [0, 0.1) is 5.41 Å². The van der Waals surface area contributed by atoms with Gasteiger partial charge in [0.1, 0.15) is 13.2 Å². The minimum atomic E-state index is 0.105. The van der Waals surface area contributed by atoms with Crippen LogP contribution in [0.25, 0.3) is 0 Å². The van der Waals surface area contributed by atoms with Gasteiger partial charge in [0.2, 0.25) is 0 Å². The lowest BCUT2D eigenvalue weighted by molar-refractivity contribution is 0.169. The highest BCUT2D eigenvalue weighted by Gasteiger charge is 2.21. The molecule has 1 aromatic carbocycles. The molecule has 118 valence electrons. The van der Waals surface area contributed by atoms with Crippen LogP contribution < -0.4 is 15.2 Å². The fraction of sp³-hybridized carbons (Fsp3) is 0.625. The number of nitrogens with two attached hydrogens (primary N) is 1. The Morgan fingerprint density at radius 3 is 2.67 bits per heavy atom. The van der Waals surface area contributed by atoms with E-state index in [1.807, 2.05) is 12.1 Å². The average Bonchev–Trinajstić information content (AvgIpc) is 2.46. The zero-order valence-electron chi connectivity index (χ0n) is 13.1. The third kappa shape index (κ3) is 4.25. The van der Waals surface area contributed by atoms with E-state index in [2.05, 4.69) is 25.7 Å². The van der Waals surface area contributed by atoms with E-state index in [0.29, 0.717) is 30.5 Å². The van der Waals surface area contributed by atoms with Gasteiger partial charge in [0.25, 0.3) is 0 Å². The second-order valence-corrected chi connectivity index (χ2v) is 6.68. The molecule has 0 unspecified atom stereocenters. The first-order valence-corrected chi connectivity index (χ1v) is 7.83. The summed E-state index contributed by atoms with van der Waals surface area (Å²) in [6.45, 7) is 11.1. The third-order valence-electron chi connectivity index (χ3n) is 3.71. The van der Waals surface area contributed by atoms with Gasteiger partial charge in [0, 0.05) is 13.1 Å². The lowest BCUT2D eigenvalue weighted by Crippen LogP contribution is -2.38. The summed E-state index contributed by atoms with van der Waals surface area (Å²) >= 11 is 6.29. The Hall–Kier alpha value is -0.970. The van der Waals surface area contributed by atoms with Gasteiger partial charge in [-0.3, -0.25) is 4.90 Å². The van der Waals surface area contributed by atoms with E-state index in [4.69, 9.17) is 26.8 Å². The van der Waals surface area contributed by atoms with E-state index in [1.54, 1.807) is 0 Å². The second-order valence-electron chi connectivity index (χ2n) is 6.27. The van der Waals surface area contributed by atoms with Crippen LogP contribution in [0.3, 0.4) is 0 Å². The zero-order valence-corrected chi connectivity index (χ0v) is 13.9. The molecule has 0 bridgehead atoms. The van der Waals surface area contributed by atoms with Crippen molar-refractivity contribution in [2.45, 2.75) is 27.3 Å². The molecule has 2 N–H and O–H groups in total. The maximum absolute atomic E-state index is 6.29. The molecular weight excluding hydrogens is 288 g/mol. The van der Waals surface area contributed by atoms with Crippen molar-refractivity contribution in [3.63, 3.8) is 0 Å². The van der Waals surface area contributed by atoms with Gasteiger partial charge < -0.3 is 15.2 Å². The molecule has 2 rings (SSSR count). The maximum Gasteiger partial charge on any atom is 0.179 e. The Labute approximate surface area is 132 Å². The molecular formula is C16H25ClN2O2. The molecule has 0 saturated carbocycles. The van der Waals surface area contributed by atoms with E-state index in [0.717, 1.165) is 30.9 Å². The highest BCUT2D eigenvalue weighted by atomic mass is 35.5. The summed E-state index contributed by atoms with van der Waals surface area (Å²) < 4.78 is 11.2. The molecule has 21 heavy (non-hydrogen) atoms. The standard InChI is InChI=1S/C16H25ClN2O2/c1-4-19(11-16(2,3)10-18)9-12-7-13(17)15-14(8-12)20-5-6-21-15/h7-8H,4-6,9-11,18H2,1-3H3. The number of fused-ring (bicyclic) bond motifs is 1. The molecule has 0 saturated heterocycles. The Kier molecular flexibility index (Phi) is 5.36. The smallest absolute Gasteiger partial charge is 0.179 e. The molecule has 0 atom stereocenters. The van der Waals surface area contributed by atoms with Crippen molar-refractivity contribution in [3.05, 3.63) is 22.7 Å². The average molecular weight is 313 g/mol. The first-order valence-electron chi connectivity index (χ1n) is 7.45. The van der Waals surface area contributed by atoms with Crippen LogP contribution in [-0.4, -0.2) is 37.7 Å². The van der Waals surface area contributed by atoms with Gasteiger partial charge >= 0.3 is 0 Å². The van der Waals surface area contributed by atoms with Crippen LogP contribution in [0.4, 0.5) is 0 Å². The number of benzene rings is 1. The van der Waals surface area contributed by atoms with Crippen LogP contribution in [0.1, 0.15) is 26.3 Å². The Bertz CT molecular complexity index is 491. The second kappa shape index (κ2) is 6.86. The lowest BCUT2D eigenvalue weighted by atomic mass is 9.93. The first-order chi connectivity index (χ1) is 9.95. The number of halogens is 1. The van der Waals surface area contributed by atoms with Crippen LogP contribution in [-0.2, 0) is 6.54 Å². The largest absolute Gasteiger partial charge is 0.486 e. The fourth-order valence-electron chi connectivity index (χ4n) is 2.46. The van der Waals surface area contributed by atoms with Crippen LogP contribution in [0.5, 0.6) is 11.5 Å². The van der Waals surface area contributed by atoms with Crippen molar-refractivity contribution >= 4 is 11.6 Å². The number of rotatable bonds is 6. The van der Waals surface area contributed by atoms with E-state index in [9.17, 15) is 0 Å². The SMILES string of the molecule is CCN(Cc1cc(Cl)c2c(c1)OCCO2)CC(C)(C)CN. The van der Waals surface area contributed by atoms with Crippen molar-refractivity contribution in [1.82, 2.24) is 4.90 Å². The van der Waals surface area contributed by atoms with Gasteiger partial charge in [-0.15, -0.1) is 0 Å². The normalized spacial score (nSPS) is 14.6. The minimum Gasteiger partial charge on any atom is -0.486 e. The van der Waals surface area contributed by atoms with Crippen LogP contribution >= 0.6 is 11.6 Å². The molecule has 1 aliphatic rings. The number of hydrogen-bond acceptors (Lipinski definition) is 4.